The first-order valence-electron chi connectivity index (χ1n) is 9.08. The van der Waals surface area contributed by atoms with Crippen molar-refractivity contribution in [1.82, 2.24) is 10.2 Å². The molecule has 1 saturated carbocycles. The zero-order valence-corrected chi connectivity index (χ0v) is 14.9. The molecule has 4 atom stereocenters. The third-order valence-corrected chi connectivity index (χ3v) is 7.52. The Kier molecular flexibility index (Phi) is 4.48. The van der Waals surface area contributed by atoms with Gasteiger partial charge in [-0.2, -0.15) is 0 Å². The van der Waals surface area contributed by atoms with Crippen LogP contribution >= 0.6 is 0 Å². The normalized spacial score (nSPS) is 35.9. The minimum absolute atomic E-state index is 0.122. The van der Waals surface area contributed by atoms with Crippen molar-refractivity contribution in [2.75, 3.05) is 24.6 Å². The van der Waals surface area contributed by atoms with E-state index in [0.29, 0.717) is 11.7 Å². The van der Waals surface area contributed by atoms with Crippen molar-refractivity contribution in [3.05, 3.63) is 35.9 Å². The summed E-state index contributed by atoms with van der Waals surface area (Å²) in [5.41, 5.74) is 1.11. The van der Waals surface area contributed by atoms with Crippen LogP contribution in [0.4, 0.5) is 0 Å². The largest absolute Gasteiger partial charge is 0.352 e. The zero-order valence-electron chi connectivity index (χ0n) is 14.1. The molecule has 0 spiro atoms. The number of nitrogens with zero attached hydrogens (tertiary/aromatic N) is 1. The van der Waals surface area contributed by atoms with Crippen molar-refractivity contribution in [2.24, 2.45) is 11.3 Å². The van der Waals surface area contributed by atoms with Gasteiger partial charge in [0, 0.05) is 48.0 Å². The fourth-order valence-corrected chi connectivity index (χ4v) is 6.25. The Morgan fingerprint density at radius 3 is 2.88 bits per heavy atom. The maximum atomic E-state index is 13.1. The molecule has 0 radical (unpaired) electrons. The fraction of sp³-hybridized carbons (Fsp3) is 0.632. The Hall–Kier alpha value is -1.20. The van der Waals surface area contributed by atoms with Gasteiger partial charge in [-0.05, 0) is 30.7 Å². The average Bonchev–Trinajstić information content (AvgIpc) is 3.23. The van der Waals surface area contributed by atoms with Gasteiger partial charge < -0.3 is 5.32 Å². The van der Waals surface area contributed by atoms with Gasteiger partial charge in [0.05, 0.1) is 5.41 Å². The van der Waals surface area contributed by atoms with Crippen LogP contribution in [0.1, 0.15) is 31.2 Å². The molecule has 1 amide bonds. The van der Waals surface area contributed by atoms with E-state index >= 15 is 0 Å². The second-order valence-corrected chi connectivity index (χ2v) is 9.29. The molecule has 1 aromatic carbocycles. The molecule has 4 rings (SSSR count). The Labute approximate surface area is 146 Å². The summed E-state index contributed by atoms with van der Waals surface area (Å²) in [4.78, 5) is 15.5. The molecular formula is C19H26N2O2S. The van der Waals surface area contributed by atoms with E-state index in [2.05, 4.69) is 34.5 Å². The monoisotopic (exact) mass is 346 g/mol. The molecular weight excluding hydrogens is 320 g/mol. The second-order valence-electron chi connectivity index (χ2n) is 7.67. The average molecular weight is 346 g/mol. The fourth-order valence-electron chi connectivity index (χ4n) is 4.83. The minimum Gasteiger partial charge on any atom is -0.352 e. The predicted molar refractivity (Wildman–Crippen MR) is 95.9 cm³/mol. The van der Waals surface area contributed by atoms with Gasteiger partial charge in [0.2, 0.25) is 5.91 Å². The molecule has 3 aliphatic rings. The van der Waals surface area contributed by atoms with Gasteiger partial charge >= 0.3 is 0 Å². The molecule has 0 unspecified atom stereocenters. The van der Waals surface area contributed by atoms with Crippen LogP contribution in [0.5, 0.6) is 0 Å². The SMILES string of the molecule is O=C(N[C@H]1CC[S@](=O)C1)[C@@]12CCC[C@@H]1CN(Cc1ccccc1)C2. The molecule has 1 N–H and O–H groups in total. The van der Waals surface area contributed by atoms with E-state index in [-0.39, 0.29) is 17.4 Å². The van der Waals surface area contributed by atoms with Gasteiger partial charge in [0.1, 0.15) is 0 Å². The van der Waals surface area contributed by atoms with Crippen LogP contribution in [0.15, 0.2) is 30.3 Å². The smallest absolute Gasteiger partial charge is 0.228 e. The third kappa shape index (κ3) is 3.04. The number of nitrogens with one attached hydrogen (secondary N) is 1. The van der Waals surface area contributed by atoms with Crippen molar-refractivity contribution in [1.29, 1.82) is 0 Å². The maximum absolute atomic E-state index is 13.1. The van der Waals surface area contributed by atoms with Crippen molar-refractivity contribution in [3.63, 3.8) is 0 Å². The van der Waals surface area contributed by atoms with Crippen molar-refractivity contribution in [2.45, 2.75) is 38.3 Å². The lowest BCUT2D eigenvalue weighted by Gasteiger charge is -2.29. The molecule has 2 aliphatic heterocycles. The number of likely N-dealkylation sites (tertiary alicyclic amines) is 1. The number of carbonyl (C=O) groups is 1. The first kappa shape index (κ1) is 16.3. The molecule has 5 heteroatoms. The van der Waals surface area contributed by atoms with E-state index in [9.17, 15) is 9.00 Å². The Bertz CT molecular complexity index is 636. The zero-order chi connectivity index (χ0) is 16.6. The summed E-state index contributed by atoms with van der Waals surface area (Å²) in [6.07, 6.45) is 4.20. The molecule has 0 bridgehead atoms. The molecule has 24 heavy (non-hydrogen) atoms. The van der Waals surface area contributed by atoms with E-state index in [4.69, 9.17) is 0 Å². The summed E-state index contributed by atoms with van der Waals surface area (Å²) in [5, 5.41) is 3.24. The summed E-state index contributed by atoms with van der Waals surface area (Å²) in [6, 6.07) is 10.6. The highest BCUT2D eigenvalue weighted by atomic mass is 32.2. The van der Waals surface area contributed by atoms with Crippen LogP contribution in [0.3, 0.4) is 0 Å². The quantitative estimate of drug-likeness (QED) is 0.906. The van der Waals surface area contributed by atoms with Crippen molar-refractivity contribution >= 4 is 16.7 Å². The van der Waals surface area contributed by atoms with Crippen LogP contribution in [0, 0.1) is 11.3 Å². The van der Waals surface area contributed by atoms with E-state index in [0.717, 1.165) is 51.1 Å². The lowest BCUT2D eigenvalue weighted by atomic mass is 9.79. The maximum Gasteiger partial charge on any atom is 0.228 e. The van der Waals surface area contributed by atoms with Gasteiger partial charge in [-0.25, -0.2) is 0 Å². The predicted octanol–water partition coefficient (Wildman–Crippen LogP) is 1.93. The number of hydrogen-bond donors (Lipinski definition) is 1. The Morgan fingerprint density at radius 2 is 2.12 bits per heavy atom. The van der Waals surface area contributed by atoms with E-state index < -0.39 is 10.8 Å². The Balaban J connectivity index is 1.44. The molecule has 3 fully saturated rings. The van der Waals surface area contributed by atoms with Gasteiger partial charge in [0.15, 0.2) is 0 Å². The number of hydrogen-bond acceptors (Lipinski definition) is 3. The summed E-state index contributed by atoms with van der Waals surface area (Å²) >= 11 is 0. The highest BCUT2D eigenvalue weighted by Gasteiger charge is 2.54. The highest BCUT2D eigenvalue weighted by molar-refractivity contribution is 7.85. The van der Waals surface area contributed by atoms with E-state index in [1.807, 2.05) is 6.07 Å². The van der Waals surface area contributed by atoms with Crippen molar-refractivity contribution < 1.29 is 9.00 Å². The molecule has 2 heterocycles. The van der Waals surface area contributed by atoms with Gasteiger partial charge in [-0.3, -0.25) is 13.9 Å². The van der Waals surface area contributed by atoms with Gasteiger partial charge in [-0.15, -0.1) is 0 Å². The van der Waals surface area contributed by atoms with Crippen LogP contribution in [-0.2, 0) is 22.1 Å². The molecule has 130 valence electrons. The summed E-state index contributed by atoms with van der Waals surface area (Å²) < 4.78 is 11.6. The first-order valence-corrected chi connectivity index (χ1v) is 10.6. The Morgan fingerprint density at radius 1 is 1.29 bits per heavy atom. The van der Waals surface area contributed by atoms with Crippen LogP contribution < -0.4 is 5.32 Å². The van der Waals surface area contributed by atoms with Crippen LogP contribution in [0.25, 0.3) is 0 Å². The van der Waals surface area contributed by atoms with Gasteiger partial charge in [-0.1, -0.05) is 36.8 Å². The summed E-state index contributed by atoms with van der Waals surface area (Å²) in [6.45, 7) is 2.83. The third-order valence-electron chi connectivity index (χ3n) is 6.06. The first-order chi connectivity index (χ1) is 11.7. The van der Waals surface area contributed by atoms with E-state index in [1.54, 1.807) is 0 Å². The van der Waals surface area contributed by atoms with E-state index in [1.165, 1.54) is 5.56 Å². The molecule has 4 nitrogen and oxygen atoms in total. The summed E-state index contributed by atoms with van der Waals surface area (Å²) in [7, 11) is -0.738. The summed E-state index contributed by atoms with van der Waals surface area (Å²) in [5.74, 6) is 2.08. The van der Waals surface area contributed by atoms with Crippen molar-refractivity contribution in [3.8, 4) is 0 Å². The number of fused-ring (bicyclic) bond motifs is 1. The highest BCUT2D eigenvalue weighted by Crippen LogP contribution is 2.49. The molecule has 1 aliphatic carbocycles. The molecule has 0 aromatic heterocycles. The number of benzene rings is 1. The number of carbonyl (C=O) groups excluding carboxylic acids is 1. The second kappa shape index (κ2) is 6.60. The standard InChI is InChI=1S/C19H26N2O2S/c22-18(20-17-8-10-24(23)13-17)19-9-4-7-16(19)12-21(14-19)11-15-5-2-1-3-6-15/h1-3,5-6,16-17H,4,7-14H2,(H,20,22)/t16-,17+,19-,24+/m1/s1. The van der Waals surface area contributed by atoms with Gasteiger partial charge in [0.25, 0.3) is 0 Å². The minimum atomic E-state index is -0.738. The van der Waals surface area contributed by atoms with Crippen LogP contribution in [-0.4, -0.2) is 45.7 Å². The molecule has 1 aromatic rings. The number of amides is 1. The van der Waals surface area contributed by atoms with Crippen LogP contribution in [0.2, 0.25) is 0 Å². The number of rotatable bonds is 4. The lowest BCUT2D eigenvalue weighted by molar-refractivity contribution is -0.132. The topological polar surface area (TPSA) is 49.4 Å². The lowest BCUT2D eigenvalue weighted by Crippen LogP contribution is -2.48. The molecule has 2 saturated heterocycles.